The molecular weight excluding hydrogens is 412 g/mol. The number of piperidine rings is 1. The van der Waals surface area contributed by atoms with Crippen LogP contribution < -0.4 is 5.73 Å². The largest absolute Gasteiger partial charge is 0.398 e. The van der Waals surface area contributed by atoms with Gasteiger partial charge in [0, 0.05) is 21.5 Å². The Balaban J connectivity index is 2.49. The van der Waals surface area contributed by atoms with E-state index in [0.717, 1.165) is 12.8 Å². The number of rotatable bonds is 3. The molecule has 0 amide bonds. The first-order valence-electron chi connectivity index (χ1n) is 6.25. The molecule has 0 radical (unpaired) electrons. The van der Waals surface area contributed by atoms with E-state index < -0.39 is 10.0 Å². The number of hydrogen-bond donors (Lipinski definition) is 2. The highest BCUT2D eigenvalue weighted by atomic mass is 79.9. The molecule has 8 heteroatoms. The number of anilines is 1. The predicted molar refractivity (Wildman–Crippen MR) is 84.9 cm³/mol. The molecular formula is C12H16Br2N2O3S. The van der Waals surface area contributed by atoms with Crippen molar-refractivity contribution in [2.75, 3.05) is 18.9 Å². The molecule has 112 valence electrons. The van der Waals surface area contributed by atoms with Crippen molar-refractivity contribution in [2.24, 2.45) is 0 Å². The van der Waals surface area contributed by atoms with Crippen LogP contribution in [0.15, 0.2) is 26.0 Å². The minimum absolute atomic E-state index is 0.0704. The highest BCUT2D eigenvalue weighted by Crippen LogP contribution is 2.35. The van der Waals surface area contributed by atoms with Gasteiger partial charge in [-0.05, 0) is 40.9 Å². The van der Waals surface area contributed by atoms with Crippen molar-refractivity contribution < 1.29 is 13.5 Å². The highest BCUT2D eigenvalue weighted by molar-refractivity contribution is 9.11. The monoisotopic (exact) mass is 426 g/mol. The summed E-state index contributed by atoms with van der Waals surface area (Å²) in [4.78, 5) is 0.0704. The fourth-order valence-corrected chi connectivity index (χ4v) is 6.15. The third kappa shape index (κ3) is 3.04. The average Bonchev–Trinajstić information content (AvgIpc) is 2.37. The van der Waals surface area contributed by atoms with Crippen molar-refractivity contribution in [3.63, 3.8) is 0 Å². The molecule has 0 saturated carbocycles. The number of benzene rings is 1. The SMILES string of the molecule is Nc1cc(Br)cc(Br)c1S(=O)(=O)N1CCCCC1CO. The third-order valence-corrected chi connectivity index (χ3v) is 6.80. The normalized spacial score (nSPS) is 21.1. The zero-order valence-electron chi connectivity index (χ0n) is 10.7. The molecule has 0 spiro atoms. The van der Waals surface area contributed by atoms with Gasteiger partial charge in [-0.2, -0.15) is 4.31 Å². The lowest BCUT2D eigenvalue weighted by Crippen LogP contribution is -2.45. The summed E-state index contributed by atoms with van der Waals surface area (Å²) in [6.45, 7) is 0.239. The van der Waals surface area contributed by atoms with E-state index in [4.69, 9.17) is 5.73 Å². The number of aliphatic hydroxyl groups is 1. The molecule has 1 aliphatic heterocycles. The van der Waals surface area contributed by atoms with Gasteiger partial charge in [-0.15, -0.1) is 0 Å². The number of nitrogen functional groups attached to an aromatic ring is 1. The van der Waals surface area contributed by atoms with Crippen LogP contribution in [0.2, 0.25) is 0 Å². The molecule has 1 aliphatic rings. The molecule has 0 bridgehead atoms. The Hall–Kier alpha value is -0.150. The van der Waals surface area contributed by atoms with Crippen molar-refractivity contribution >= 4 is 47.6 Å². The zero-order valence-corrected chi connectivity index (χ0v) is 14.7. The Morgan fingerprint density at radius 2 is 2.05 bits per heavy atom. The molecule has 1 aromatic rings. The molecule has 2 rings (SSSR count). The van der Waals surface area contributed by atoms with Gasteiger partial charge in [-0.25, -0.2) is 8.42 Å². The Bertz CT molecular complexity index is 584. The van der Waals surface area contributed by atoms with Crippen molar-refractivity contribution in [3.05, 3.63) is 21.1 Å². The van der Waals surface area contributed by atoms with E-state index in [9.17, 15) is 13.5 Å². The van der Waals surface area contributed by atoms with E-state index in [0.29, 0.717) is 21.9 Å². The van der Waals surface area contributed by atoms with Crippen LogP contribution in [0.4, 0.5) is 5.69 Å². The van der Waals surface area contributed by atoms with Gasteiger partial charge in [-0.3, -0.25) is 0 Å². The van der Waals surface area contributed by atoms with Crippen molar-refractivity contribution in [3.8, 4) is 0 Å². The summed E-state index contributed by atoms with van der Waals surface area (Å²) in [7, 11) is -3.72. The maximum Gasteiger partial charge on any atom is 0.246 e. The minimum atomic E-state index is -3.72. The van der Waals surface area contributed by atoms with Crippen LogP contribution in [0.25, 0.3) is 0 Å². The van der Waals surface area contributed by atoms with Crippen LogP contribution in [0.5, 0.6) is 0 Å². The summed E-state index contributed by atoms with van der Waals surface area (Å²) in [6.07, 6.45) is 2.39. The van der Waals surface area contributed by atoms with Gasteiger partial charge in [0.15, 0.2) is 0 Å². The second-order valence-corrected chi connectivity index (χ2v) is 8.35. The third-order valence-electron chi connectivity index (χ3n) is 3.39. The molecule has 1 aromatic carbocycles. The molecule has 1 fully saturated rings. The second kappa shape index (κ2) is 6.31. The molecule has 1 atom stereocenters. The summed E-state index contributed by atoms with van der Waals surface area (Å²) in [6, 6.07) is 2.85. The zero-order chi connectivity index (χ0) is 14.9. The minimum Gasteiger partial charge on any atom is -0.398 e. The summed E-state index contributed by atoms with van der Waals surface area (Å²) in [5.74, 6) is 0. The van der Waals surface area contributed by atoms with Crippen LogP contribution >= 0.6 is 31.9 Å². The quantitative estimate of drug-likeness (QED) is 0.725. The maximum absolute atomic E-state index is 12.8. The molecule has 1 heterocycles. The van der Waals surface area contributed by atoms with Crippen LogP contribution in [0.3, 0.4) is 0 Å². The lowest BCUT2D eigenvalue weighted by molar-refractivity contribution is 0.155. The molecule has 5 nitrogen and oxygen atoms in total. The van der Waals surface area contributed by atoms with Crippen LogP contribution in [-0.2, 0) is 10.0 Å². The first kappa shape index (κ1) is 16.2. The van der Waals surface area contributed by atoms with Gasteiger partial charge in [0.05, 0.1) is 12.3 Å². The highest BCUT2D eigenvalue weighted by Gasteiger charge is 2.35. The van der Waals surface area contributed by atoms with Gasteiger partial charge in [-0.1, -0.05) is 22.4 Å². The van der Waals surface area contributed by atoms with E-state index in [1.54, 1.807) is 12.1 Å². The lowest BCUT2D eigenvalue weighted by Gasteiger charge is -2.34. The van der Waals surface area contributed by atoms with E-state index in [-0.39, 0.29) is 23.2 Å². The fraction of sp³-hybridized carbons (Fsp3) is 0.500. The molecule has 0 aromatic heterocycles. The average molecular weight is 428 g/mol. The van der Waals surface area contributed by atoms with E-state index >= 15 is 0 Å². The Morgan fingerprint density at radius 3 is 2.65 bits per heavy atom. The van der Waals surface area contributed by atoms with Crippen LogP contribution in [0.1, 0.15) is 19.3 Å². The topological polar surface area (TPSA) is 83.6 Å². The number of nitrogens with zero attached hydrogens (tertiary/aromatic N) is 1. The molecule has 0 aliphatic carbocycles. The predicted octanol–water partition coefficient (Wildman–Crippen LogP) is 2.33. The van der Waals surface area contributed by atoms with Crippen molar-refractivity contribution in [2.45, 2.75) is 30.2 Å². The lowest BCUT2D eigenvalue weighted by atomic mass is 10.1. The Morgan fingerprint density at radius 1 is 1.35 bits per heavy atom. The number of aliphatic hydroxyl groups excluding tert-OH is 1. The number of halogens is 2. The van der Waals surface area contributed by atoms with E-state index in [1.807, 2.05) is 0 Å². The smallest absolute Gasteiger partial charge is 0.246 e. The number of hydrogen-bond acceptors (Lipinski definition) is 4. The molecule has 1 saturated heterocycles. The van der Waals surface area contributed by atoms with Gasteiger partial charge in [0.2, 0.25) is 10.0 Å². The van der Waals surface area contributed by atoms with E-state index in [1.165, 1.54) is 4.31 Å². The first-order chi connectivity index (χ1) is 9.37. The van der Waals surface area contributed by atoms with E-state index in [2.05, 4.69) is 31.9 Å². The summed E-state index contributed by atoms with van der Waals surface area (Å²) in [5, 5.41) is 9.40. The number of sulfonamides is 1. The molecule has 3 N–H and O–H groups in total. The number of nitrogens with two attached hydrogens (primary N) is 1. The van der Waals surface area contributed by atoms with Crippen molar-refractivity contribution in [1.82, 2.24) is 4.31 Å². The standard InChI is InChI=1S/C12H16Br2N2O3S/c13-8-5-10(14)12(11(15)6-8)20(18,19)16-4-2-1-3-9(16)7-17/h5-6,9,17H,1-4,7,15H2. The van der Waals surface area contributed by atoms with Gasteiger partial charge in [0.25, 0.3) is 0 Å². The molecule has 20 heavy (non-hydrogen) atoms. The second-order valence-electron chi connectivity index (χ2n) is 4.75. The fourth-order valence-electron chi connectivity index (χ4n) is 2.44. The van der Waals surface area contributed by atoms with Crippen LogP contribution in [0, 0.1) is 0 Å². The first-order valence-corrected chi connectivity index (χ1v) is 9.27. The Kier molecular flexibility index (Phi) is 5.12. The summed E-state index contributed by atoms with van der Waals surface area (Å²) in [5.41, 5.74) is 6.06. The van der Waals surface area contributed by atoms with Gasteiger partial charge in [0.1, 0.15) is 4.90 Å². The summed E-state index contributed by atoms with van der Waals surface area (Å²) >= 11 is 6.54. The molecule has 1 unspecified atom stereocenters. The van der Waals surface area contributed by atoms with Gasteiger partial charge < -0.3 is 10.8 Å². The van der Waals surface area contributed by atoms with Crippen LogP contribution in [-0.4, -0.2) is 37.0 Å². The summed E-state index contributed by atoms with van der Waals surface area (Å²) < 4.78 is 28.1. The van der Waals surface area contributed by atoms with Gasteiger partial charge >= 0.3 is 0 Å². The Labute approximate surface area is 135 Å². The maximum atomic E-state index is 12.8. The van der Waals surface area contributed by atoms with Crippen molar-refractivity contribution in [1.29, 1.82) is 0 Å².